The van der Waals surface area contributed by atoms with Crippen LogP contribution in [0.1, 0.15) is 44.1 Å². The molecule has 5 heteroatoms. The average Bonchev–Trinajstić information content (AvgIpc) is 3.25. The van der Waals surface area contributed by atoms with Gasteiger partial charge >= 0.3 is 5.97 Å². The van der Waals surface area contributed by atoms with E-state index in [1.54, 1.807) is 0 Å². The molecule has 3 saturated heterocycles. The zero-order chi connectivity index (χ0) is 19.7. The average molecular weight is 387 g/mol. The fourth-order valence-electron chi connectivity index (χ4n) is 5.64. The molecule has 2 bridgehead atoms. The molecule has 1 aromatic carbocycles. The first kappa shape index (κ1) is 19.9. The number of piperidine rings is 3. The van der Waals surface area contributed by atoms with E-state index in [1.807, 2.05) is 30.3 Å². The molecule has 0 spiro atoms. The van der Waals surface area contributed by atoms with E-state index < -0.39 is 11.6 Å². The van der Waals surface area contributed by atoms with Crippen molar-refractivity contribution in [3.05, 3.63) is 35.9 Å². The molecular formula is C23H34N2O3. The van der Waals surface area contributed by atoms with Crippen molar-refractivity contribution in [1.29, 1.82) is 0 Å². The highest BCUT2D eigenvalue weighted by Gasteiger charge is 2.51. The Hall–Kier alpha value is -1.43. The number of likely N-dealkylation sites (N-methyl/N-ethyl adjacent to an activating group) is 1. The van der Waals surface area contributed by atoms with Gasteiger partial charge in [0.2, 0.25) is 0 Å². The minimum absolute atomic E-state index is 0.0595. The highest BCUT2D eigenvalue weighted by molar-refractivity contribution is 5.82. The molecule has 5 nitrogen and oxygen atoms in total. The molecule has 1 aromatic rings. The molecular weight excluding hydrogens is 352 g/mol. The van der Waals surface area contributed by atoms with Crippen LogP contribution in [-0.4, -0.2) is 66.8 Å². The fraction of sp³-hybridized carbons (Fsp3) is 0.696. The Bertz CT molecular complexity index is 666. The van der Waals surface area contributed by atoms with Crippen LogP contribution in [0, 0.1) is 11.8 Å². The second-order valence-electron chi connectivity index (χ2n) is 9.19. The summed E-state index contributed by atoms with van der Waals surface area (Å²) in [4.78, 5) is 18.2. The quantitative estimate of drug-likeness (QED) is 0.762. The molecule has 3 heterocycles. The summed E-state index contributed by atoms with van der Waals surface area (Å²) in [5.74, 6) is -0.0913. The van der Waals surface area contributed by atoms with Gasteiger partial charge in [0.25, 0.3) is 0 Å². The van der Waals surface area contributed by atoms with Crippen LogP contribution in [0.5, 0.6) is 0 Å². The molecule has 1 aliphatic carbocycles. The highest BCUT2D eigenvalue weighted by Crippen LogP contribution is 2.43. The summed E-state index contributed by atoms with van der Waals surface area (Å²) in [6.45, 7) is 3.05. The van der Waals surface area contributed by atoms with Gasteiger partial charge in [0, 0.05) is 12.5 Å². The Morgan fingerprint density at radius 1 is 1.14 bits per heavy atom. The lowest BCUT2D eigenvalue weighted by Crippen LogP contribution is -2.62. The van der Waals surface area contributed by atoms with Crippen molar-refractivity contribution >= 4 is 5.97 Å². The number of esters is 1. The normalized spacial score (nSPS) is 32.4. The van der Waals surface area contributed by atoms with Gasteiger partial charge in [0.15, 0.2) is 5.60 Å². The first-order valence-electron chi connectivity index (χ1n) is 10.9. The second-order valence-corrected chi connectivity index (χ2v) is 9.19. The van der Waals surface area contributed by atoms with E-state index in [9.17, 15) is 9.90 Å². The van der Waals surface area contributed by atoms with Crippen molar-refractivity contribution in [1.82, 2.24) is 9.80 Å². The van der Waals surface area contributed by atoms with E-state index in [4.69, 9.17) is 4.74 Å². The number of benzene rings is 1. The van der Waals surface area contributed by atoms with Crippen LogP contribution in [0.15, 0.2) is 30.3 Å². The number of hydrogen-bond acceptors (Lipinski definition) is 5. The first-order valence-corrected chi connectivity index (χ1v) is 10.9. The minimum Gasteiger partial charge on any atom is -0.458 e. The molecule has 0 unspecified atom stereocenters. The maximum atomic E-state index is 13.5. The lowest BCUT2D eigenvalue weighted by atomic mass is 9.78. The van der Waals surface area contributed by atoms with Crippen molar-refractivity contribution in [3.8, 4) is 0 Å². The maximum absolute atomic E-state index is 13.5. The Labute approximate surface area is 168 Å². The predicted molar refractivity (Wildman–Crippen MR) is 109 cm³/mol. The van der Waals surface area contributed by atoms with Crippen molar-refractivity contribution in [2.75, 3.05) is 33.7 Å². The van der Waals surface area contributed by atoms with Crippen molar-refractivity contribution in [3.63, 3.8) is 0 Å². The summed E-state index contributed by atoms with van der Waals surface area (Å²) in [7, 11) is 4.14. The summed E-state index contributed by atoms with van der Waals surface area (Å²) >= 11 is 0. The number of carbonyl (C=O) groups is 1. The van der Waals surface area contributed by atoms with Gasteiger partial charge in [-0.05, 0) is 64.3 Å². The van der Waals surface area contributed by atoms with Gasteiger partial charge in [0.05, 0.1) is 6.04 Å². The predicted octanol–water partition coefficient (Wildman–Crippen LogP) is 2.63. The molecule has 4 aliphatic rings. The van der Waals surface area contributed by atoms with Gasteiger partial charge in [-0.2, -0.15) is 0 Å². The van der Waals surface area contributed by atoms with Crippen LogP contribution >= 0.6 is 0 Å². The number of aliphatic hydroxyl groups is 1. The molecule has 3 aliphatic heterocycles. The lowest BCUT2D eigenvalue weighted by Gasteiger charge is -2.51. The van der Waals surface area contributed by atoms with Crippen LogP contribution in [0.2, 0.25) is 0 Å². The van der Waals surface area contributed by atoms with E-state index in [-0.39, 0.29) is 18.1 Å². The van der Waals surface area contributed by atoms with Gasteiger partial charge in [-0.25, -0.2) is 4.79 Å². The third-order valence-electron chi connectivity index (χ3n) is 7.15. The molecule has 0 aromatic heterocycles. The Kier molecular flexibility index (Phi) is 5.77. The monoisotopic (exact) mass is 386 g/mol. The molecule has 1 N–H and O–H groups in total. The third-order valence-corrected chi connectivity index (χ3v) is 7.15. The van der Waals surface area contributed by atoms with Crippen molar-refractivity contribution in [2.45, 2.75) is 56.3 Å². The van der Waals surface area contributed by atoms with Crippen LogP contribution in [-0.2, 0) is 15.1 Å². The van der Waals surface area contributed by atoms with E-state index in [0.717, 1.165) is 58.2 Å². The SMILES string of the molecule is CN(C)C[C@@H]1[C@H](OC(=O)[C@@](O)(c2ccccc2)C2CCCC2)C2CCN1CC2. The Balaban J connectivity index is 1.60. The number of fused-ring (bicyclic) bond motifs is 3. The van der Waals surface area contributed by atoms with Gasteiger partial charge < -0.3 is 14.7 Å². The van der Waals surface area contributed by atoms with Crippen LogP contribution in [0.25, 0.3) is 0 Å². The van der Waals surface area contributed by atoms with Gasteiger partial charge in [-0.15, -0.1) is 0 Å². The zero-order valence-corrected chi connectivity index (χ0v) is 17.2. The molecule has 0 radical (unpaired) electrons. The summed E-state index contributed by atoms with van der Waals surface area (Å²) in [6, 6.07) is 9.66. The number of hydrogen-bond donors (Lipinski definition) is 1. The first-order chi connectivity index (χ1) is 13.5. The zero-order valence-electron chi connectivity index (χ0n) is 17.2. The Morgan fingerprint density at radius 3 is 2.39 bits per heavy atom. The Morgan fingerprint density at radius 2 is 1.79 bits per heavy atom. The van der Waals surface area contributed by atoms with Crippen LogP contribution in [0.4, 0.5) is 0 Å². The molecule has 28 heavy (non-hydrogen) atoms. The minimum atomic E-state index is -1.54. The van der Waals surface area contributed by atoms with Crippen LogP contribution < -0.4 is 0 Å². The molecule has 4 fully saturated rings. The van der Waals surface area contributed by atoms with Gasteiger partial charge in [-0.1, -0.05) is 43.2 Å². The fourth-order valence-corrected chi connectivity index (χ4v) is 5.64. The smallest absolute Gasteiger partial charge is 0.343 e. The number of carbonyl (C=O) groups excluding carboxylic acids is 1. The summed E-state index contributed by atoms with van der Waals surface area (Å²) in [5.41, 5.74) is -0.857. The van der Waals surface area contributed by atoms with Gasteiger partial charge in [0.1, 0.15) is 6.10 Å². The molecule has 0 amide bonds. The summed E-state index contributed by atoms with van der Waals surface area (Å²) in [6.07, 6.45) is 5.91. The maximum Gasteiger partial charge on any atom is 0.343 e. The van der Waals surface area contributed by atoms with Crippen LogP contribution in [0.3, 0.4) is 0 Å². The van der Waals surface area contributed by atoms with E-state index >= 15 is 0 Å². The largest absolute Gasteiger partial charge is 0.458 e. The highest BCUT2D eigenvalue weighted by atomic mass is 16.6. The number of ether oxygens (including phenoxy) is 1. The van der Waals surface area contributed by atoms with Gasteiger partial charge in [-0.3, -0.25) is 4.90 Å². The third kappa shape index (κ3) is 3.60. The molecule has 3 atom stereocenters. The van der Waals surface area contributed by atoms with Crippen molar-refractivity contribution < 1.29 is 14.6 Å². The van der Waals surface area contributed by atoms with E-state index in [2.05, 4.69) is 23.9 Å². The number of rotatable bonds is 6. The van der Waals surface area contributed by atoms with E-state index in [1.165, 1.54) is 0 Å². The van der Waals surface area contributed by atoms with E-state index in [0.29, 0.717) is 11.5 Å². The molecule has 1 saturated carbocycles. The summed E-state index contributed by atoms with van der Waals surface area (Å²) < 4.78 is 6.21. The number of nitrogens with zero attached hydrogens (tertiary/aromatic N) is 2. The standard InChI is InChI=1S/C23H34N2O3/c1-24(2)16-20-21(17-12-14-25(20)15-13-17)28-22(26)23(27,19-10-6-7-11-19)18-8-4-3-5-9-18/h3-5,8-9,17,19-21,27H,6-7,10-16H2,1-2H3/t20-,21-,23-/m1/s1. The lowest BCUT2D eigenvalue weighted by molar-refractivity contribution is -0.194. The second kappa shape index (κ2) is 8.13. The van der Waals surface area contributed by atoms with Crippen molar-refractivity contribution in [2.24, 2.45) is 11.8 Å². The summed E-state index contributed by atoms with van der Waals surface area (Å²) in [5, 5.41) is 11.7. The topological polar surface area (TPSA) is 53.0 Å². The molecule has 154 valence electrons. The molecule has 5 rings (SSSR count).